The summed E-state index contributed by atoms with van der Waals surface area (Å²) in [5.74, 6) is 0. The van der Waals surface area contributed by atoms with Crippen LogP contribution in [0.1, 0.15) is 39.5 Å². The first-order valence-electron chi connectivity index (χ1n) is 6.44. The molecule has 0 aromatic heterocycles. The fourth-order valence-electron chi connectivity index (χ4n) is 2.93. The number of carbonyl (C=O) groups is 1. The van der Waals surface area contributed by atoms with Crippen LogP contribution in [0.25, 0.3) is 0 Å². The van der Waals surface area contributed by atoms with Crippen molar-refractivity contribution in [3.05, 3.63) is 0 Å². The summed E-state index contributed by atoms with van der Waals surface area (Å²) in [5.41, 5.74) is -0.223. The zero-order valence-electron chi connectivity index (χ0n) is 10.4. The van der Waals surface area contributed by atoms with Crippen LogP contribution in [0, 0.1) is 5.41 Å². The molecule has 0 aromatic carbocycles. The highest BCUT2D eigenvalue weighted by atomic mass is 16.5. The van der Waals surface area contributed by atoms with E-state index in [2.05, 4.69) is 4.90 Å². The van der Waals surface area contributed by atoms with Crippen LogP contribution in [0.3, 0.4) is 0 Å². The number of ether oxygens (including phenoxy) is 1. The number of fused-ring (bicyclic) bond motifs is 1. The highest BCUT2D eigenvalue weighted by molar-refractivity contribution is 5.58. The Labute approximate surface area is 98.1 Å². The van der Waals surface area contributed by atoms with Crippen LogP contribution in [0.15, 0.2) is 0 Å². The maximum atomic E-state index is 11.0. The van der Waals surface area contributed by atoms with E-state index < -0.39 is 0 Å². The van der Waals surface area contributed by atoms with Crippen molar-refractivity contribution in [2.45, 2.75) is 51.7 Å². The van der Waals surface area contributed by atoms with Crippen LogP contribution in [0.5, 0.6) is 0 Å². The van der Waals surface area contributed by atoms with Crippen LogP contribution in [0.2, 0.25) is 0 Å². The normalized spacial score (nSPS) is 32.1. The van der Waals surface area contributed by atoms with Crippen molar-refractivity contribution in [2.24, 2.45) is 5.41 Å². The van der Waals surface area contributed by atoms with Gasteiger partial charge in [-0.3, -0.25) is 4.90 Å². The summed E-state index contributed by atoms with van der Waals surface area (Å²) in [5, 5.41) is 0. The Hall–Kier alpha value is -0.410. The van der Waals surface area contributed by atoms with Crippen LogP contribution in [-0.2, 0) is 9.53 Å². The van der Waals surface area contributed by atoms with Gasteiger partial charge in [0.15, 0.2) is 0 Å². The Balaban J connectivity index is 1.99. The lowest BCUT2D eigenvalue weighted by Gasteiger charge is -2.45. The van der Waals surface area contributed by atoms with Crippen molar-refractivity contribution in [1.82, 2.24) is 4.90 Å². The molecule has 1 saturated heterocycles. The largest absolute Gasteiger partial charge is 0.375 e. The van der Waals surface area contributed by atoms with E-state index in [-0.39, 0.29) is 5.41 Å². The smallest absolute Gasteiger partial charge is 0.126 e. The third kappa shape index (κ3) is 2.64. The summed E-state index contributed by atoms with van der Waals surface area (Å²) in [6.07, 6.45) is 6.54. The second kappa shape index (κ2) is 4.84. The van der Waals surface area contributed by atoms with Crippen molar-refractivity contribution in [2.75, 3.05) is 19.7 Å². The van der Waals surface area contributed by atoms with E-state index in [0.29, 0.717) is 12.1 Å². The molecule has 2 rings (SSSR count). The maximum Gasteiger partial charge on any atom is 0.126 e. The van der Waals surface area contributed by atoms with Crippen molar-refractivity contribution < 1.29 is 9.53 Å². The van der Waals surface area contributed by atoms with Crippen molar-refractivity contribution >= 4 is 6.29 Å². The number of nitrogens with zero attached hydrogens (tertiary/aromatic N) is 1. The first-order chi connectivity index (χ1) is 7.62. The molecule has 2 aliphatic rings. The van der Waals surface area contributed by atoms with Gasteiger partial charge in [0, 0.05) is 24.5 Å². The van der Waals surface area contributed by atoms with Gasteiger partial charge in [-0.2, -0.15) is 0 Å². The summed E-state index contributed by atoms with van der Waals surface area (Å²) in [4.78, 5) is 13.5. The summed E-state index contributed by atoms with van der Waals surface area (Å²) < 4.78 is 5.83. The van der Waals surface area contributed by atoms with Gasteiger partial charge in [-0.15, -0.1) is 0 Å². The number of carbonyl (C=O) groups excluding carboxylic acids is 1. The molecule has 3 nitrogen and oxygen atoms in total. The van der Waals surface area contributed by atoms with E-state index in [9.17, 15) is 4.79 Å². The first kappa shape index (κ1) is 12.1. The van der Waals surface area contributed by atoms with E-state index in [1.807, 2.05) is 13.8 Å². The molecule has 2 fully saturated rings. The molecule has 0 N–H and O–H groups in total. The van der Waals surface area contributed by atoms with E-state index >= 15 is 0 Å². The van der Waals surface area contributed by atoms with Gasteiger partial charge < -0.3 is 9.53 Å². The van der Waals surface area contributed by atoms with Crippen molar-refractivity contribution in [3.8, 4) is 0 Å². The van der Waals surface area contributed by atoms with Gasteiger partial charge in [0.05, 0.1) is 12.7 Å². The fourth-order valence-corrected chi connectivity index (χ4v) is 2.93. The third-order valence-corrected chi connectivity index (χ3v) is 3.78. The van der Waals surface area contributed by atoms with Gasteiger partial charge in [-0.1, -0.05) is 26.7 Å². The molecule has 0 spiro atoms. The van der Waals surface area contributed by atoms with Crippen LogP contribution >= 0.6 is 0 Å². The number of rotatable bonds is 3. The molecule has 1 aliphatic carbocycles. The third-order valence-electron chi connectivity index (χ3n) is 3.78. The summed E-state index contributed by atoms with van der Waals surface area (Å²) in [6.45, 7) is 6.73. The number of hydrogen-bond acceptors (Lipinski definition) is 3. The second-order valence-electron chi connectivity index (χ2n) is 5.84. The molecule has 0 aromatic rings. The lowest BCUT2D eigenvalue weighted by Crippen LogP contribution is -2.55. The van der Waals surface area contributed by atoms with E-state index in [1.54, 1.807) is 0 Å². The summed E-state index contributed by atoms with van der Waals surface area (Å²) >= 11 is 0. The molecule has 0 amide bonds. The second-order valence-corrected chi connectivity index (χ2v) is 5.84. The molecule has 1 saturated carbocycles. The lowest BCUT2D eigenvalue weighted by molar-refractivity contribution is -0.121. The molecular weight excluding hydrogens is 202 g/mol. The Morgan fingerprint density at radius 1 is 1.38 bits per heavy atom. The molecule has 1 aliphatic heterocycles. The van der Waals surface area contributed by atoms with Gasteiger partial charge >= 0.3 is 0 Å². The number of hydrogen-bond donors (Lipinski definition) is 0. The zero-order valence-corrected chi connectivity index (χ0v) is 10.4. The SMILES string of the molecule is CC(C)(C=O)CN1CCOC2CCCCC21. The Morgan fingerprint density at radius 3 is 2.88 bits per heavy atom. The van der Waals surface area contributed by atoms with E-state index in [4.69, 9.17) is 4.74 Å². The maximum absolute atomic E-state index is 11.0. The van der Waals surface area contributed by atoms with E-state index in [1.165, 1.54) is 25.7 Å². The van der Waals surface area contributed by atoms with Gasteiger partial charge in [0.1, 0.15) is 6.29 Å². The fraction of sp³-hybridized carbons (Fsp3) is 0.923. The highest BCUT2D eigenvalue weighted by Gasteiger charge is 2.36. The molecule has 92 valence electrons. The summed E-state index contributed by atoms with van der Waals surface area (Å²) in [6, 6.07) is 0.557. The predicted molar refractivity (Wildman–Crippen MR) is 63.4 cm³/mol. The van der Waals surface area contributed by atoms with Gasteiger partial charge in [-0.25, -0.2) is 0 Å². The van der Waals surface area contributed by atoms with Gasteiger partial charge in [0.2, 0.25) is 0 Å². The first-order valence-corrected chi connectivity index (χ1v) is 6.44. The Kier molecular flexibility index (Phi) is 3.65. The summed E-state index contributed by atoms with van der Waals surface area (Å²) in [7, 11) is 0. The zero-order chi connectivity index (χ0) is 11.6. The van der Waals surface area contributed by atoms with Crippen LogP contribution < -0.4 is 0 Å². The number of aldehydes is 1. The molecule has 0 bridgehead atoms. The van der Waals surface area contributed by atoms with Gasteiger partial charge in [-0.05, 0) is 12.8 Å². The minimum Gasteiger partial charge on any atom is -0.375 e. The standard InChI is InChI=1S/C13H23NO2/c1-13(2,10-15)9-14-7-8-16-12-6-4-3-5-11(12)14/h10-12H,3-9H2,1-2H3. The molecule has 1 heterocycles. The Bertz CT molecular complexity index is 250. The lowest BCUT2D eigenvalue weighted by atomic mass is 9.87. The topological polar surface area (TPSA) is 29.5 Å². The van der Waals surface area contributed by atoms with Crippen LogP contribution in [0.4, 0.5) is 0 Å². The average molecular weight is 225 g/mol. The Morgan fingerprint density at radius 2 is 2.12 bits per heavy atom. The quantitative estimate of drug-likeness (QED) is 0.687. The average Bonchev–Trinajstić information content (AvgIpc) is 2.29. The molecular formula is C13H23NO2. The molecule has 16 heavy (non-hydrogen) atoms. The molecule has 2 atom stereocenters. The predicted octanol–water partition coefficient (Wildman–Crippen LogP) is 1.85. The molecule has 3 heteroatoms. The van der Waals surface area contributed by atoms with Crippen molar-refractivity contribution in [1.29, 1.82) is 0 Å². The minimum absolute atomic E-state index is 0.223. The monoisotopic (exact) mass is 225 g/mol. The molecule has 2 unspecified atom stereocenters. The molecule has 0 radical (unpaired) electrons. The van der Waals surface area contributed by atoms with E-state index in [0.717, 1.165) is 26.0 Å². The van der Waals surface area contributed by atoms with Crippen molar-refractivity contribution in [3.63, 3.8) is 0 Å². The highest BCUT2D eigenvalue weighted by Crippen LogP contribution is 2.30. The number of morpholine rings is 1. The van der Waals surface area contributed by atoms with Gasteiger partial charge in [0.25, 0.3) is 0 Å². The minimum atomic E-state index is -0.223. The van der Waals surface area contributed by atoms with Crippen LogP contribution in [-0.4, -0.2) is 43.0 Å².